The van der Waals surface area contributed by atoms with Crippen LogP contribution in [0.3, 0.4) is 0 Å². The summed E-state index contributed by atoms with van der Waals surface area (Å²) in [5.41, 5.74) is 2.09. The Morgan fingerprint density at radius 1 is 1.10 bits per heavy atom. The molecule has 0 atom stereocenters. The molecule has 0 unspecified atom stereocenters. The first-order valence-corrected chi connectivity index (χ1v) is 9.18. The Hall–Kier alpha value is -0.470. The largest absolute Gasteiger partial charge is 0.249 e. The standard InChI is InChI=1S/C14H21NS.C5H10/c1-12-7-9-14(10-8-12)16-15(2)11-13-5-3-4-6-13;1-5(2)3-4-5/h7-10,13H,3-6,11H2,1-2H3;3-4H2,1-2H3. The second-order valence-electron chi connectivity index (χ2n) is 7.53. The molecule has 21 heavy (non-hydrogen) atoms. The molecule has 0 amide bonds. The molecule has 3 rings (SSSR count). The molecule has 0 aliphatic heterocycles. The minimum Gasteiger partial charge on any atom is -0.249 e. The fourth-order valence-electron chi connectivity index (χ4n) is 2.62. The maximum atomic E-state index is 2.39. The van der Waals surface area contributed by atoms with Crippen LogP contribution < -0.4 is 0 Å². The van der Waals surface area contributed by atoms with E-state index in [4.69, 9.17) is 0 Å². The second kappa shape index (κ2) is 7.69. The van der Waals surface area contributed by atoms with Gasteiger partial charge in [-0.3, -0.25) is 0 Å². The molecule has 0 radical (unpaired) electrons. The van der Waals surface area contributed by atoms with Gasteiger partial charge in [0.2, 0.25) is 0 Å². The lowest BCUT2D eigenvalue weighted by atomic mass is 10.1. The molecule has 0 saturated heterocycles. The molecule has 0 spiro atoms. The van der Waals surface area contributed by atoms with Crippen molar-refractivity contribution in [3.8, 4) is 0 Å². The van der Waals surface area contributed by atoms with Crippen LogP contribution >= 0.6 is 11.9 Å². The third-order valence-electron chi connectivity index (χ3n) is 4.52. The van der Waals surface area contributed by atoms with Crippen molar-refractivity contribution in [3.63, 3.8) is 0 Å². The summed E-state index contributed by atoms with van der Waals surface area (Å²) in [7, 11) is 2.21. The average Bonchev–Trinajstić information content (AvgIpc) is 2.90. The van der Waals surface area contributed by atoms with Crippen LogP contribution in [0.2, 0.25) is 0 Å². The van der Waals surface area contributed by atoms with Crippen LogP contribution in [-0.2, 0) is 0 Å². The predicted octanol–water partition coefficient (Wildman–Crippen LogP) is 5.93. The molecule has 0 aromatic heterocycles. The Bertz CT molecular complexity index is 412. The maximum absolute atomic E-state index is 2.39. The lowest BCUT2D eigenvalue weighted by Gasteiger charge is -2.19. The van der Waals surface area contributed by atoms with E-state index in [2.05, 4.69) is 56.4 Å². The highest BCUT2D eigenvalue weighted by atomic mass is 32.2. The van der Waals surface area contributed by atoms with Gasteiger partial charge in [0.25, 0.3) is 0 Å². The maximum Gasteiger partial charge on any atom is 0.0230 e. The van der Waals surface area contributed by atoms with Gasteiger partial charge in [0.05, 0.1) is 0 Å². The van der Waals surface area contributed by atoms with E-state index in [1.807, 2.05) is 11.9 Å². The number of rotatable bonds is 4. The van der Waals surface area contributed by atoms with Gasteiger partial charge < -0.3 is 0 Å². The monoisotopic (exact) mass is 305 g/mol. The van der Waals surface area contributed by atoms with Crippen molar-refractivity contribution in [3.05, 3.63) is 29.8 Å². The summed E-state index contributed by atoms with van der Waals surface area (Å²) in [6, 6.07) is 8.80. The predicted molar refractivity (Wildman–Crippen MR) is 94.6 cm³/mol. The van der Waals surface area contributed by atoms with Crippen molar-refractivity contribution in [2.24, 2.45) is 11.3 Å². The van der Waals surface area contributed by atoms with E-state index in [1.165, 1.54) is 55.5 Å². The highest BCUT2D eigenvalue weighted by Crippen LogP contribution is 2.43. The fourth-order valence-corrected chi connectivity index (χ4v) is 3.53. The summed E-state index contributed by atoms with van der Waals surface area (Å²) in [4.78, 5) is 1.35. The Balaban J connectivity index is 0.000000272. The molecular weight excluding hydrogens is 274 g/mol. The number of aryl methyl sites for hydroxylation is 1. The molecule has 1 aromatic rings. The molecule has 118 valence electrons. The topological polar surface area (TPSA) is 3.24 Å². The summed E-state index contributed by atoms with van der Waals surface area (Å²) >= 11 is 1.87. The third kappa shape index (κ3) is 6.88. The number of hydrogen-bond acceptors (Lipinski definition) is 2. The lowest BCUT2D eigenvalue weighted by molar-refractivity contribution is 0.421. The minimum absolute atomic E-state index is 0.750. The average molecular weight is 306 g/mol. The molecule has 2 aliphatic rings. The Morgan fingerprint density at radius 3 is 2.10 bits per heavy atom. The number of benzene rings is 1. The summed E-state index contributed by atoms with van der Waals surface area (Å²) < 4.78 is 2.39. The molecule has 0 heterocycles. The highest BCUT2D eigenvalue weighted by molar-refractivity contribution is 7.97. The van der Waals surface area contributed by atoms with Crippen LogP contribution in [0.1, 0.15) is 57.9 Å². The van der Waals surface area contributed by atoms with Crippen molar-refractivity contribution in [2.45, 2.75) is 64.2 Å². The van der Waals surface area contributed by atoms with Gasteiger partial charge in [-0.15, -0.1) is 0 Å². The van der Waals surface area contributed by atoms with Crippen molar-refractivity contribution in [1.29, 1.82) is 0 Å². The molecule has 1 nitrogen and oxygen atoms in total. The van der Waals surface area contributed by atoms with Crippen LogP contribution in [0.25, 0.3) is 0 Å². The van der Waals surface area contributed by atoms with E-state index in [0.29, 0.717) is 0 Å². The normalized spacial score (nSPS) is 20.2. The summed E-state index contributed by atoms with van der Waals surface area (Å²) in [6.07, 6.45) is 8.64. The quantitative estimate of drug-likeness (QED) is 0.634. The van der Waals surface area contributed by atoms with E-state index in [0.717, 1.165) is 11.3 Å². The van der Waals surface area contributed by atoms with Gasteiger partial charge in [-0.05, 0) is 75.1 Å². The van der Waals surface area contributed by atoms with Crippen LogP contribution in [0, 0.1) is 18.3 Å². The SMILES string of the molecule is CC1(C)CC1.Cc1ccc(SN(C)CC2CCCC2)cc1. The van der Waals surface area contributed by atoms with E-state index < -0.39 is 0 Å². The zero-order valence-electron chi connectivity index (χ0n) is 14.2. The first-order valence-electron chi connectivity index (χ1n) is 8.40. The zero-order chi connectivity index (χ0) is 15.3. The minimum atomic E-state index is 0.750. The van der Waals surface area contributed by atoms with Gasteiger partial charge in [-0.2, -0.15) is 0 Å². The summed E-state index contributed by atoms with van der Waals surface area (Å²) in [6.45, 7) is 7.97. The van der Waals surface area contributed by atoms with Crippen LogP contribution in [0.5, 0.6) is 0 Å². The van der Waals surface area contributed by atoms with E-state index in [-0.39, 0.29) is 0 Å². The molecule has 1 aromatic carbocycles. The highest BCUT2D eigenvalue weighted by Gasteiger charge is 2.30. The van der Waals surface area contributed by atoms with Gasteiger partial charge in [-0.1, -0.05) is 44.4 Å². The smallest absolute Gasteiger partial charge is 0.0230 e. The van der Waals surface area contributed by atoms with Gasteiger partial charge in [0, 0.05) is 11.4 Å². The Kier molecular flexibility index (Phi) is 6.19. The zero-order valence-corrected chi connectivity index (χ0v) is 15.0. The van der Waals surface area contributed by atoms with Crippen molar-refractivity contribution < 1.29 is 0 Å². The van der Waals surface area contributed by atoms with E-state index >= 15 is 0 Å². The molecule has 2 fully saturated rings. The van der Waals surface area contributed by atoms with Crippen LogP contribution in [-0.4, -0.2) is 17.9 Å². The van der Waals surface area contributed by atoms with Crippen molar-refractivity contribution in [2.75, 3.05) is 13.6 Å². The van der Waals surface area contributed by atoms with Crippen molar-refractivity contribution in [1.82, 2.24) is 4.31 Å². The molecule has 2 heteroatoms. The molecule has 0 N–H and O–H groups in total. The van der Waals surface area contributed by atoms with Crippen LogP contribution in [0.4, 0.5) is 0 Å². The molecule has 2 saturated carbocycles. The fraction of sp³-hybridized carbons (Fsp3) is 0.684. The third-order valence-corrected chi connectivity index (χ3v) is 5.47. The first kappa shape index (κ1) is 16.9. The van der Waals surface area contributed by atoms with E-state index in [9.17, 15) is 0 Å². The number of hydrogen-bond donors (Lipinski definition) is 0. The summed E-state index contributed by atoms with van der Waals surface area (Å²) in [5.74, 6) is 0.933. The Morgan fingerprint density at radius 2 is 1.62 bits per heavy atom. The second-order valence-corrected chi connectivity index (χ2v) is 8.81. The molecule has 0 bridgehead atoms. The van der Waals surface area contributed by atoms with Gasteiger partial charge in [0.1, 0.15) is 0 Å². The van der Waals surface area contributed by atoms with E-state index in [1.54, 1.807) is 0 Å². The Labute approximate surface area is 135 Å². The van der Waals surface area contributed by atoms with Gasteiger partial charge in [-0.25, -0.2) is 4.31 Å². The van der Waals surface area contributed by atoms with Gasteiger partial charge >= 0.3 is 0 Å². The van der Waals surface area contributed by atoms with Gasteiger partial charge in [0.15, 0.2) is 0 Å². The lowest BCUT2D eigenvalue weighted by Crippen LogP contribution is -2.17. The first-order chi connectivity index (χ1) is 9.94. The van der Waals surface area contributed by atoms with Crippen molar-refractivity contribution >= 4 is 11.9 Å². The molecular formula is C19H31NS. The van der Waals surface area contributed by atoms with Crippen LogP contribution in [0.15, 0.2) is 29.2 Å². The molecule has 2 aliphatic carbocycles. The number of nitrogens with zero attached hydrogens (tertiary/aromatic N) is 1. The summed E-state index contributed by atoms with van der Waals surface area (Å²) in [5, 5.41) is 0.